The van der Waals surface area contributed by atoms with Crippen LogP contribution in [0.15, 0.2) is 30.3 Å². The van der Waals surface area contributed by atoms with Crippen LogP contribution in [0.5, 0.6) is 0 Å². The molecule has 0 amide bonds. The zero-order valence-electron chi connectivity index (χ0n) is 9.02. The highest BCUT2D eigenvalue weighted by Crippen LogP contribution is 2.18. The lowest BCUT2D eigenvalue weighted by atomic mass is 10.1. The number of hydrogen-bond acceptors (Lipinski definition) is 3. The van der Waals surface area contributed by atoms with E-state index < -0.39 is 0 Å². The molecule has 0 saturated heterocycles. The number of ether oxygens (including phenoxy) is 1. The molecule has 0 bridgehead atoms. The lowest BCUT2D eigenvalue weighted by Gasteiger charge is -2.10. The molecule has 0 spiro atoms. The number of carbonyl (C=O) groups is 2. The Morgan fingerprint density at radius 3 is 2.69 bits per heavy atom. The molecule has 0 unspecified atom stereocenters. The van der Waals surface area contributed by atoms with Gasteiger partial charge in [0, 0.05) is 12.8 Å². The van der Waals surface area contributed by atoms with Gasteiger partial charge in [-0.15, -0.1) is 0 Å². The Morgan fingerprint density at radius 2 is 2.06 bits per heavy atom. The van der Waals surface area contributed by atoms with Crippen LogP contribution in [-0.4, -0.2) is 17.9 Å². The Kier molecular flexibility index (Phi) is 3.34. The summed E-state index contributed by atoms with van der Waals surface area (Å²) >= 11 is 0. The summed E-state index contributed by atoms with van der Waals surface area (Å²) in [4.78, 5) is 22.5. The number of hydrogen-bond donors (Lipinski definition) is 0. The maximum Gasteiger partial charge on any atom is 0.310 e. The van der Waals surface area contributed by atoms with Gasteiger partial charge in [-0.2, -0.15) is 0 Å². The molecule has 0 heterocycles. The minimum Gasteiger partial charge on any atom is -0.462 e. The molecule has 1 saturated carbocycles. The first-order chi connectivity index (χ1) is 7.74. The van der Waals surface area contributed by atoms with Crippen molar-refractivity contribution in [2.24, 2.45) is 0 Å². The SMILES string of the molecule is O=C1CC[C@@H](OC(=O)Cc2ccccc2)C1. The number of ketones is 1. The molecule has 1 atom stereocenters. The Morgan fingerprint density at radius 1 is 1.31 bits per heavy atom. The molecule has 16 heavy (non-hydrogen) atoms. The molecule has 1 aliphatic rings. The Bertz CT molecular complexity index is 383. The third-order valence-electron chi connectivity index (χ3n) is 2.69. The van der Waals surface area contributed by atoms with Crippen LogP contribution in [0.2, 0.25) is 0 Å². The first kappa shape index (κ1) is 10.9. The Hall–Kier alpha value is -1.64. The lowest BCUT2D eigenvalue weighted by Crippen LogP contribution is -2.17. The van der Waals surface area contributed by atoms with Gasteiger partial charge in [-0.1, -0.05) is 30.3 Å². The summed E-state index contributed by atoms with van der Waals surface area (Å²) in [6.45, 7) is 0. The van der Waals surface area contributed by atoms with E-state index in [0.29, 0.717) is 19.3 Å². The molecule has 3 nitrogen and oxygen atoms in total. The van der Waals surface area contributed by atoms with Crippen LogP contribution in [0.3, 0.4) is 0 Å². The van der Waals surface area contributed by atoms with Gasteiger partial charge in [-0.25, -0.2) is 0 Å². The minimum absolute atomic E-state index is 0.191. The number of rotatable bonds is 3. The summed E-state index contributed by atoms with van der Waals surface area (Å²) in [5, 5.41) is 0. The second-order valence-electron chi connectivity index (χ2n) is 4.06. The molecule has 0 aliphatic heterocycles. The van der Waals surface area contributed by atoms with Crippen LogP contribution < -0.4 is 0 Å². The number of Topliss-reactive ketones (excluding diaryl/α,β-unsaturated/α-hetero) is 1. The lowest BCUT2D eigenvalue weighted by molar-refractivity contribution is -0.148. The van der Waals surface area contributed by atoms with E-state index in [1.54, 1.807) is 0 Å². The van der Waals surface area contributed by atoms with Crippen LogP contribution >= 0.6 is 0 Å². The number of benzene rings is 1. The average molecular weight is 218 g/mol. The molecule has 1 aromatic carbocycles. The van der Waals surface area contributed by atoms with Crippen molar-refractivity contribution in [2.45, 2.75) is 31.8 Å². The Labute approximate surface area is 94.4 Å². The van der Waals surface area contributed by atoms with Gasteiger partial charge in [0.2, 0.25) is 0 Å². The van der Waals surface area contributed by atoms with Crippen molar-refractivity contribution < 1.29 is 14.3 Å². The third-order valence-corrected chi connectivity index (χ3v) is 2.69. The zero-order chi connectivity index (χ0) is 11.4. The highest BCUT2D eigenvalue weighted by molar-refractivity contribution is 5.82. The monoisotopic (exact) mass is 218 g/mol. The number of esters is 1. The molecule has 1 aliphatic carbocycles. The van der Waals surface area contributed by atoms with E-state index in [1.807, 2.05) is 30.3 Å². The molecule has 0 aromatic heterocycles. The molecule has 0 radical (unpaired) electrons. The number of carbonyl (C=O) groups excluding carboxylic acids is 2. The van der Waals surface area contributed by atoms with E-state index in [0.717, 1.165) is 5.56 Å². The van der Waals surface area contributed by atoms with Gasteiger partial charge in [-0.3, -0.25) is 9.59 Å². The quantitative estimate of drug-likeness (QED) is 0.728. The van der Waals surface area contributed by atoms with Gasteiger partial charge in [-0.05, 0) is 12.0 Å². The predicted molar refractivity (Wildman–Crippen MR) is 58.9 cm³/mol. The van der Waals surface area contributed by atoms with E-state index >= 15 is 0 Å². The predicted octanol–water partition coefficient (Wildman–Crippen LogP) is 1.89. The standard InChI is InChI=1S/C13H14O3/c14-11-6-7-12(9-11)16-13(15)8-10-4-2-1-3-5-10/h1-5,12H,6-9H2/t12-/m1/s1. The molecular weight excluding hydrogens is 204 g/mol. The second-order valence-corrected chi connectivity index (χ2v) is 4.06. The van der Waals surface area contributed by atoms with E-state index in [9.17, 15) is 9.59 Å². The normalized spacial score (nSPS) is 19.8. The molecule has 0 N–H and O–H groups in total. The van der Waals surface area contributed by atoms with Crippen LogP contribution in [0.1, 0.15) is 24.8 Å². The first-order valence-electron chi connectivity index (χ1n) is 5.49. The molecular formula is C13H14O3. The first-order valence-corrected chi connectivity index (χ1v) is 5.49. The summed E-state index contributed by atoms with van der Waals surface area (Å²) in [5.41, 5.74) is 0.942. The molecule has 1 fully saturated rings. The molecule has 84 valence electrons. The van der Waals surface area contributed by atoms with Gasteiger partial charge in [0.15, 0.2) is 0 Å². The highest BCUT2D eigenvalue weighted by atomic mass is 16.5. The van der Waals surface area contributed by atoms with E-state index in [1.165, 1.54) is 0 Å². The van der Waals surface area contributed by atoms with Crippen molar-refractivity contribution in [3.63, 3.8) is 0 Å². The molecule has 1 aromatic rings. The maximum atomic E-state index is 11.5. The van der Waals surface area contributed by atoms with Crippen molar-refractivity contribution in [1.29, 1.82) is 0 Å². The zero-order valence-corrected chi connectivity index (χ0v) is 9.02. The van der Waals surface area contributed by atoms with Gasteiger partial charge in [0.05, 0.1) is 6.42 Å². The molecule has 2 rings (SSSR count). The van der Waals surface area contributed by atoms with E-state index in [2.05, 4.69) is 0 Å². The smallest absolute Gasteiger partial charge is 0.310 e. The summed E-state index contributed by atoms with van der Waals surface area (Å²) in [6, 6.07) is 9.47. The fraction of sp³-hybridized carbons (Fsp3) is 0.385. The summed E-state index contributed by atoms with van der Waals surface area (Å²) in [5.74, 6) is -0.0524. The summed E-state index contributed by atoms with van der Waals surface area (Å²) in [6.07, 6.45) is 1.71. The van der Waals surface area contributed by atoms with Gasteiger partial charge >= 0.3 is 5.97 Å². The van der Waals surface area contributed by atoms with Gasteiger partial charge < -0.3 is 4.74 Å². The highest BCUT2D eigenvalue weighted by Gasteiger charge is 2.25. The fourth-order valence-corrected chi connectivity index (χ4v) is 1.87. The van der Waals surface area contributed by atoms with Crippen LogP contribution in [0.4, 0.5) is 0 Å². The Balaban J connectivity index is 1.83. The van der Waals surface area contributed by atoms with Crippen molar-refractivity contribution in [1.82, 2.24) is 0 Å². The molecule has 3 heteroatoms. The van der Waals surface area contributed by atoms with Crippen LogP contribution in [0, 0.1) is 0 Å². The minimum atomic E-state index is -0.245. The summed E-state index contributed by atoms with van der Waals surface area (Å²) in [7, 11) is 0. The maximum absolute atomic E-state index is 11.5. The van der Waals surface area contributed by atoms with Crippen molar-refractivity contribution in [3.8, 4) is 0 Å². The van der Waals surface area contributed by atoms with Crippen LogP contribution in [0.25, 0.3) is 0 Å². The van der Waals surface area contributed by atoms with E-state index in [-0.39, 0.29) is 24.3 Å². The topological polar surface area (TPSA) is 43.4 Å². The second kappa shape index (κ2) is 4.92. The van der Waals surface area contributed by atoms with Crippen molar-refractivity contribution in [2.75, 3.05) is 0 Å². The van der Waals surface area contributed by atoms with Gasteiger partial charge in [0.25, 0.3) is 0 Å². The van der Waals surface area contributed by atoms with Crippen molar-refractivity contribution in [3.05, 3.63) is 35.9 Å². The largest absolute Gasteiger partial charge is 0.462 e. The van der Waals surface area contributed by atoms with Crippen LogP contribution in [-0.2, 0) is 20.7 Å². The van der Waals surface area contributed by atoms with Crippen molar-refractivity contribution >= 4 is 11.8 Å². The summed E-state index contributed by atoms with van der Waals surface area (Å²) < 4.78 is 5.23. The fourth-order valence-electron chi connectivity index (χ4n) is 1.87. The average Bonchev–Trinajstić information content (AvgIpc) is 2.65. The van der Waals surface area contributed by atoms with Gasteiger partial charge in [0.1, 0.15) is 11.9 Å². The van der Waals surface area contributed by atoms with E-state index in [4.69, 9.17) is 4.74 Å². The third kappa shape index (κ3) is 2.92.